The molecule has 2 aromatic heterocycles. The minimum absolute atomic E-state index is 0.0302. The predicted molar refractivity (Wildman–Crippen MR) is 124 cm³/mol. The van der Waals surface area contributed by atoms with Gasteiger partial charge in [0.25, 0.3) is 5.91 Å². The second-order valence-electron chi connectivity index (χ2n) is 7.43. The maximum absolute atomic E-state index is 12.9. The minimum atomic E-state index is -0.159. The van der Waals surface area contributed by atoms with E-state index in [1.807, 2.05) is 50.4 Å². The van der Waals surface area contributed by atoms with Crippen LogP contribution in [-0.4, -0.2) is 36.1 Å². The summed E-state index contributed by atoms with van der Waals surface area (Å²) in [7, 11) is 3.20. The fourth-order valence-corrected chi connectivity index (χ4v) is 4.58. The summed E-state index contributed by atoms with van der Waals surface area (Å²) in [5.74, 6) is 1.13. The van der Waals surface area contributed by atoms with Gasteiger partial charge in [0, 0.05) is 33.6 Å². The maximum Gasteiger partial charge on any atom is 0.271 e. The molecule has 7 heteroatoms. The lowest BCUT2D eigenvalue weighted by molar-refractivity contribution is 0.0935. The molecule has 0 bridgehead atoms. The first-order chi connectivity index (χ1) is 15.0. The lowest BCUT2D eigenvalue weighted by Gasteiger charge is -2.13. The van der Waals surface area contributed by atoms with E-state index in [1.165, 1.54) is 22.3 Å². The van der Waals surface area contributed by atoms with Crippen LogP contribution in [0.25, 0.3) is 21.5 Å². The van der Waals surface area contributed by atoms with Crippen molar-refractivity contribution >= 4 is 28.1 Å². The summed E-state index contributed by atoms with van der Waals surface area (Å²) >= 11 is 1.49. The summed E-state index contributed by atoms with van der Waals surface area (Å²) in [5.41, 5.74) is 3.63. The van der Waals surface area contributed by atoms with Gasteiger partial charge in [0.15, 0.2) is 11.5 Å². The Morgan fingerprint density at radius 1 is 1.16 bits per heavy atom. The number of aromatic amines is 1. The van der Waals surface area contributed by atoms with Gasteiger partial charge in [-0.2, -0.15) is 0 Å². The van der Waals surface area contributed by atoms with Crippen LogP contribution < -0.4 is 14.8 Å². The summed E-state index contributed by atoms with van der Waals surface area (Å²) in [6, 6.07) is 13.8. The highest BCUT2D eigenvalue weighted by Gasteiger charge is 2.19. The average Bonchev–Trinajstić information content (AvgIpc) is 3.37. The topological polar surface area (TPSA) is 76.2 Å². The number of para-hydroxylation sites is 1. The highest BCUT2D eigenvalue weighted by molar-refractivity contribution is 7.15. The van der Waals surface area contributed by atoms with Crippen molar-refractivity contribution in [2.24, 2.45) is 0 Å². The molecule has 31 heavy (non-hydrogen) atoms. The largest absolute Gasteiger partial charge is 0.493 e. The Balaban J connectivity index is 1.50. The molecule has 6 nitrogen and oxygen atoms in total. The summed E-state index contributed by atoms with van der Waals surface area (Å²) in [5, 5.41) is 5.05. The fraction of sp³-hybridized carbons (Fsp3) is 0.250. The van der Waals surface area contributed by atoms with Gasteiger partial charge in [0.2, 0.25) is 0 Å². The van der Waals surface area contributed by atoms with Crippen molar-refractivity contribution in [1.82, 2.24) is 15.3 Å². The predicted octanol–water partition coefficient (Wildman–Crippen LogP) is 4.98. The first-order valence-corrected chi connectivity index (χ1v) is 10.9. The Morgan fingerprint density at radius 2 is 1.94 bits per heavy atom. The van der Waals surface area contributed by atoms with Crippen LogP contribution in [-0.2, 0) is 6.42 Å². The Labute approximate surface area is 185 Å². The van der Waals surface area contributed by atoms with Crippen LogP contribution in [0.4, 0.5) is 0 Å². The van der Waals surface area contributed by atoms with Gasteiger partial charge < -0.3 is 19.8 Å². The number of aryl methyl sites for hydroxylation is 1. The van der Waals surface area contributed by atoms with Crippen LogP contribution in [0.15, 0.2) is 48.7 Å². The normalized spacial score (nSPS) is 12.0. The third kappa shape index (κ3) is 4.27. The van der Waals surface area contributed by atoms with E-state index in [-0.39, 0.29) is 11.9 Å². The van der Waals surface area contributed by atoms with Crippen LogP contribution in [0.2, 0.25) is 0 Å². The van der Waals surface area contributed by atoms with Gasteiger partial charge in [0.05, 0.1) is 14.2 Å². The summed E-state index contributed by atoms with van der Waals surface area (Å²) in [4.78, 5) is 21.7. The van der Waals surface area contributed by atoms with Crippen LogP contribution in [0.1, 0.15) is 27.9 Å². The molecule has 0 radical (unpaired) electrons. The number of amides is 1. The minimum Gasteiger partial charge on any atom is -0.493 e. The number of carbonyl (C=O) groups excluding carboxylic acids is 1. The van der Waals surface area contributed by atoms with E-state index < -0.39 is 0 Å². The molecule has 2 heterocycles. The fourth-order valence-electron chi connectivity index (χ4n) is 3.67. The van der Waals surface area contributed by atoms with E-state index in [2.05, 4.69) is 27.4 Å². The molecule has 160 valence electrons. The Bertz CT molecular complexity index is 1230. The van der Waals surface area contributed by atoms with Crippen molar-refractivity contribution in [1.29, 1.82) is 0 Å². The number of hydrogen-bond acceptors (Lipinski definition) is 5. The van der Waals surface area contributed by atoms with E-state index in [0.29, 0.717) is 17.2 Å². The van der Waals surface area contributed by atoms with E-state index in [0.717, 1.165) is 27.4 Å². The van der Waals surface area contributed by atoms with Crippen molar-refractivity contribution in [2.45, 2.75) is 26.3 Å². The van der Waals surface area contributed by atoms with Crippen molar-refractivity contribution < 1.29 is 14.3 Å². The van der Waals surface area contributed by atoms with Crippen LogP contribution >= 0.6 is 11.3 Å². The molecule has 2 aromatic carbocycles. The van der Waals surface area contributed by atoms with Gasteiger partial charge >= 0.3 is 0 Å². The SMILES string of the molecule is COc1ccc(-c2nc(C(=O)N[C@@H](C)Cc3c[nH]c4ccccc34)c(C)s2)cc1OC. The monoisotopic (exact) mass is 435 g/mol. The number of carbonyl (C=O) groups is 1. The number of nitrogens with one attached hydrogen (secondary N) is 2. The first-order valence-electron chi connectivity index (χ1n) is 10.1. The summed E-state index contributed by atoms with van der Waals surface area (Å²) < 4.78 is 10.7. The van der Waals surface area contributed by atoms with Crippen LogP contribution in [0.3, 0.4) is 0 Å². The molecule has 0 fully saturated rings. The molecule has 4 aromatic rings. The molecule has 0 aliphatic rings. The van der Waals surface area contributed by atoms with Crippen LogP contribution in [0, 0.1) is 6.92 Å². The first kappa shape index (κ1) is 20.9. The number of thiazole rings is 1. The number of aromatic nitrogens is 2. The van der Waals surface area contributed by atoms with Gasteiger partial charge in [-0.05, 0) is 50.1 Å². The van der Waals surface area contributed by atoms with Crippen molar-refractivity contribution in [3.05, 3.63) is 64.8 Å². The standard InChI is InChI=1S/C24H25N3O3S/c1-14(11-17-13-25-19-8-6-5-7-18(17)19)26-23(28)22-15(2)31-24(27-22)16-9-10-20(29-3)21(12-16)30-4/h5-10,12-14,25H,11H2,1-4H3,(H,26,28)/t14-/m0/s1. The van der Waals surface area contributed by atoms with Crippen molar-refractivity contribution in [3.8, 4) is 22.1 Å². The van der Waals surface area contributed by atoms with E-state index >= 15 is 0 Å². The highest BCUT2D eigenvalue weighted by atomic mass is 32.1. The second kappa shape index (κ2) is 8.81. The summed E-state index contributed by atoms with van der Waals surface area (Å²) in [6.45, 7) is 3.93. The van der Waals surface area contributed by atoms with Gasteiger partial charge in [-0.15, -0.1) is 11.3 Å². The highest BCUT2D eigenvalue weighted by Crippen LogP contribution is 2.35. The maximum atomic E-state index is 12.9. The molecule has 1 atom stereocenters. The third-order valence-corrected chi connectivity index (χ3v) is 6.24. The second-order valence-corrected chi connectivity index (χ2v) is 8.63. The van der Waals surface area contributed by atoms with E-state index in [9.17, 15) is 4.79 Å². The molecule has 0 aliphatic carbocycles. The molecule has 2 N–H and O–H groups in total. The Hall–Kier alpha value is -3.32. The molecule has 0 unspecified atom stereocenters. The molecule has 0 spiro atoms. The zero-order chi connectivity index (χ0) is 22.0. The number of fused-ring (bicyclic) bond motifs is 1. The van der Waals surface area contributed by atoms with E-state index in [1.54, 1.807) is 14.2 Å². The van der Waals surface area contributed by atoms with Gasteiger partial charge in [-0.25, -0.2) is 4.98 Å². The van der Waals surface area contributed by atoms with Gasteiger partial charge in [-0.3, -0.25) is 4.79 Å². The summed E-state index contributed by atoms with van der Waals surface area (Å²) in [6.07, 6.45) is 2.75. The molecular formula is C24H25N3O3S. The number of methoxy groups -OCH3 is 2. The zero-order valence-corrected chi connectivity index (χ0v) is 18.8. The molecular weight excluding hydrogens is 410 g/mol. The van der Waals surface area contributed by atoms with Gasteiger partial charge in [-0.1, -0.05) is 18.2 Å². The molecule has 4 rings (SSSR count). The molecule has 0 aliphatic heterocycles. The smallest absolute Gasteiger partial charge is 0.271 e. The zero-order valence-electron chi connectivity index (χ0n) is 18.0. The van der Waals surface area contributed by atoms with Gasteiger partial charge in [0.1, 0.15) is 10.7 Å². The molecule has 0 saturated heterocycles. The number of H-pyrrole nitrogens is 1. The quantitative estimate of drug-likeness (QED) is 0.429. The number of benzene rings is 2. The number of ether oxygens (including phenoxy) is 2. The number of rotatable bonds is 7. The number of hydrogen-bond donors (Lipinski definition) is 2. The van der Waals surface area contributed by atoms with E-state index in [4.69, 9.17) is 9.47 Å². The lowest BCUT2D eigenvalue weighted by Crippen LogP contribution is -2.34. The van der Waals surface area contributed by atoms with Crippen LogP contribution in [0.5, 0.6) is 11.5 Å². The van der Waals surface area contributed by atoms with Crippen molar-refractivity contribution in [2.75, 3.05) is 14.2 Å². The Kier molecular flexibility index (Phi) is 5.95. The number of nitrogens with zero attached hydrogens (tertiary/aromatic N) is 1. The molecule has 1 amide bonds. The lowest BCUT2D eigenvalue weighted by atomic mass is 10.1. The third-order valence-electron chi connectivity index (χ3n) is 5.22. The molecule has 0 saturated carbocycles. The van der Waals surface area contributed by atoms with Crippen molar-refractivity contribution in [3.63, 3.8) is 0 Å². The average molecular weight is 436 g/mol. The Morgan fingerprint density at radius 3 is 2.71 bits per heavy atom.